The minimum absolute atomic E-state index is 0.120. The third kappa shape index (κ3) is 3.18. The molecule has 2 rings (SSSR count). The first-order chi connectivity index (χ1) is 8.97. The molecule has 0 atom stereocenters. The highest BCUT2D eigenvalue weighted by molar-refractivity contribution is 9.10. The van der Waals surface area contributed by atoms with Gasteiger partial charge in [0.1, 0.15) is 0 Å². The van der Waals surface area contributed by atoms with Crippen LogP contribution in [0.4, 0.5) is 5.69 Å². The molecule has 1 heterocycles. The van der Waals surface area contributed by atoms with Gasteiger partial charge in [0.2, 0.25) is 0 Å². The molecule has 2 aromatic rings. The number of halogens is 1. The molecule has 0 aliphatic rings. The van der Waals surface area contributed by atoms with Crippen LogP contribution in [0.3, 0.4) is 0 Å². The van der Waals surface area contributed by atoms with Crippen LogP contribution in [0.25, 0.3) is 0 Å². The Bertz CT molecular complexity index is 654. The zero-order valence-electron chi connectivity index (χ0n) is 9.81. The number of rotatable bonds is 3. The van der Waals surface area contributed by atoms with Gasteiger partial charge in [0.25, 0.3) is 5.91 Å². The second kappa shape index (κ2) is 5.50. The molecule has 0 aliphatic carbocycles. The highest BCUT2D eigenvalue weighted by Crippen LogP contribution is 2.21. The maximum absolute atomic E-state index is 11.9. The Morgan fingerprint density at radius 2 is 2.16 bits per heavy atom. The maximum atomic E-state index is 11.9. The minimum Gasteiger partial charge on any atom is -0.476 e. The topological polar surface area (TPSA) is 79.3 Å². The second-order valence-corrected chi connectivity index (χ2v) is 5.47. The Morgan fingerprint density at radius 3 is 2.74 bits per heavy atom. The van der Waals surface area contributed by atoms with Gasteiger partial charge in [0, 0.05) is 15.5 Å². The monoisotopic (exact) mass is 340 g/mol. The number of hydrogen-bond acceptors (Lipinski definition) is 4. The molecule has 0 fully saturated rings. The maximum Gasteiger partial charge on any atom is 0.355 e. The number of nitrogens with zero attached hydrogens (tertiary/aromatic N) is 1. The zero-order chi connectivity index (χ0) is 14.0. The molecule has 1 amide bonds. The third-order valence-electron chi connectivity index (χ3n) is 2.35. The van der Waals surface area contributed by atoms with Crippen molar-refractivity contribution in [2.24, 2.45) is 0 Å². The fraction of sp³-hybridized carbons (Fsp3) is 0.0833. The minimum atomic E-state index is -1.15. The van der Waals surface area contributed by atoms with Crippen LogP contribution in [0.5, 0.6) is 0 Å². The number of aromatic carboxylic acids is 1. The van der Waals surface area contributed by atoms with E-state index < -0.39 is 11.9 Å². The summed E-state index contributed by atoms with van der Waals surface area (Å²) in [6.07, 6.45) is 0. The highest BCUT2D eigenvalue weighted by Gasteiger charge is 2.14. The van der Waals surface area contributed by atoms with Crippen molar-refractivity contribution < 1.29 is 14.7 Å². The number of carbonyl (C=O) groups excluding carboxylic acids is 1. The molecule has 0 saturated carbocycles. The van der Waals surface area contributed by atoms with E-state index in [-0.39, 0.29) is 10.7 Å². The Kier molecular flexibility index (Phi) is 3.96. The molecular weight excluding hydrogens is 332 g/mol. The average molecular weight is 341 g/mol. The number of benzene rings is 1. The molecule has 5 nitrogen and oxygen atoms in total. The van der Waals surface area contributed by atoms with E-state index in [2.05, 4.69) is 26.2 Å². The van der Waals surface area contributed by atoms with Gasteiger partial charge in [-0.15, -0.1) is 11.3 Å². The van der Waals surface area contributed by atoms with Crippen LogP contribution in [0, 0.1) is 6.92 Å². The predicted molar refractivity (Wildman–Crippen MR) is 75.9 cm³/mol. The summed E-state index contributed by atoms with van der Waals surface area (Å²) in [7, 11) is 0. The lowest BCUT2D eigenvalue weighted by molar-refractivity contribution is 0.0691. The van der Waals surface area contributed by atoms with E-state index in [1.807, 2.05) is 13.0 Å². The lowest BCUT2D eigenvalue weighted by Gasteiger charge is -2.05. The molecule has 0 spiro atoms. The molecule has 2 N–H and O–H groups in total. The summed E-state index contributed by atoms with van der Waals surface area (Å²) in [5, 5.41) is 12.9. The number of aromatic nitrogens is 1. The van der Waals surface area contributed by atoms with E-state index in [4.69, 9.17) is 5.11 Å². The smallest absolute Gasteiger partial charge is 0.355 e. The Labute approximate surface area is 121 Å². The third-order valence-corrected chi connectivity index (χ3v) is 4.04. The van der Waals surface area contributed by atoms with Gasteiger partial charge in [0.05, 0.1) is 0 Å². The first kappa shape index (κ1) is 13.7. The lowest BCUT2D eigenvalue weighted by Crippen LogP contribution is -2.12. The second-order valence-electron chi connectivity index (χ2n) is 3.76. The van der Waals surface area contributed by atoms with Crippen LogP contribution in [0.2, 0.25) is 0 Å². The lowest BCUT2D eigenvalue weighted by atomic mass is 10.2. The van der Waals surface area contributed by atoms with Crippen LogP contribution in [0.1, 0.15) is 25.9 Å². The molecule has 0 bridgehead atoms. The molecule has 0 aliphatic heterocycles. The van der Waals surface area contributed by atoms with Crippen molar-refractivity contribution in [3.8, 4) is 0 Å². The van der Waals surface area contributed by atoms with Crippen molar-refractivity contribution in [3.63, 3.8) is 0 Å². The van der Waals surface area contributed by atoms with Gasteiger partial charge in [-0.2, -0.15) is 0 Å². The molecule has 1 aromatic carbocycles. The van der Waals surface area contributed by atoms with Gasteiger partial charge in [0.15, 0.2) is 10.7 Å². The molecule has 0 radical (unpaired) electrons. The van der Waals surface area contributed by atoms with Crippen molar-refractivity contribution in [1.82, 2.24) is 4.98 Å². The molecule has 19 heavy (non-hydrogen) atoms. The Hall–Kier alpha value is -1.73. The van der Waals surface area contributed by atoms with Crippen molar-refractivity contribution in [3.05, 3.63) is 44.3 Å². The summed E-state index contributed by atoms with van der Waals surface area (Å²) >= 11 is 4.37. The van der Waals surface area contributed by atoms with Gasteiger partial charge in [-0.25, -0.2) is 9.78 Å². The first-order valence-electron chi connectivity index (χ1n) is 5.23. The van der Waals surface area contributed by atoms with E-state index in [1.54, 1.807) is 12.1 Å². The summed E-state index contributed by atoms with van der Waals surface area (Å²) in [5.41, 5.74) is 1.55. The fourth-order valence-corrected chi connectivity index (χ4v) is 2.40. The van der Waals surface area contributed by atoms with Gasteiger partial charge in [-0.1, -0.05) is 22.0 Å². The Balaban J connectivity index is 2.15. The van der Waals surface area contributed by atoms with Crippen LogP contribution >= 0.6 is 27.3 Å². The molecule has 7 heteroatoms. The van der Waals surface area contributed by atoms with Crippen LogP contribution in [-0.4, -0.2) is 22.0 Å². The summed E-state index contributed by atoms with van der Waals surface area (Å²) < 4.78 is 0.885. The standard InChI is InChI=1S/C12H9BrN2O3S/c1-6-2-3-7(4-8(6)13)14-10(16)11-15-9(5-19-11)12(17)18/h2-5H,1H3,(H,14,16)(H,17,18). The SMILES string of the molecule is Cc1ccc(NC(=O)c2nc(C(=O)O)cs2)cc1Br. The number of hydrogen-bond donors (Lipinski definition) is 2. The van der Waals surface area contributed by atoms with E-state index >= 15 is 0 Å². The number of carboxylic acid groups (broad SMARTS) is 1. The van der Waals surface area contributed by atoms with Crippen molar-refractivity contribution in [2.45, 2.75) is 6.92 Å². The summed E-state index contributed by atoms with van der Waals surface area (Å²) in [6.45, 7) is 1.94. The number of anilines is 1. The van der Waals surface area contributed by atoms with Gasteiger partial charge in [-0.3, -0.25) is 4.79 Å². The van der Waals surface area contributed by atoms with E-state index in [0.29, 0.717) is 5.69 Å². The Morgan fingerprint density at radius 1 is 1.42 bits per heavy atom. The molecule has 1 aromatic heterocycles. The van der Waals surface area contributed by atoms with Crippen molar-refractivity contribution >= 4 is 44.8 Å². The predicted octanol–water partition coefficient (Wildman–Crippen LogP) is 3.16. The molecule has 0 unspecified atom stereocenters. The molecule has 98 valence electrons. The van der Waals surface area contributed by atoms with E-state index in [1.165, 1.54) is 5.38 Å². The molecule has 0 saturated heterocycles. The fourth-order valence-electron chi connectivity index (χ4n) is 1.33. The zero-order valence-corrected chi connectivity index (χ0v) is 12.2. The van der Waals surface area contributed by atoms with E-state index in [0.717, 1.165) is 21.4 Å². The van der Waals surface area contributed by atoms with Crippen LogP contribution in [0.15, 0.2) is 28.1 Å². The largest absolute Gasteiger partial charge is 0.476 e. The number of thiazole rings is 1. The molecular formula is C12H9BrN2O3S. The average Bonchev–Trinajstić information content (AvgIpc) is 2.83. The quantitative estimate of drug-likeness (QED) is 0.899. The number of nitrogens with one attached hydrogen (secondary N) is 1. The summed E-state index contributed by atoms with van der Waals surface area (Å²) in [4.78, 5) is 26.3. The number of carbonyl (C=O) groups is 2. The van der Waals surface area contributed by atoms with Gasteiger partial charge in [-0.05, 0) is 24.6 Å². The van der Waals surface area contributed by atoms with Crippen LogP contribution in [-0.2, 0) is 0 Å². The number of aryl methyl sites for hydroxylation is 1. The first-order valence-corrected chi connectivity index (χ1v) is 6.91. The highest BCUT2D eigenvalue weighted by atomic mass is 79.9. The van der Waals surface area contributed by atoms with Crippen molar-refractivity contribution in [1.29, 1.82) is 0 Å². The summed E-state index contributed by atoms with van der Waals surface area (Å²) in [6, 6.07) is 5.41. The number of amides is 1. The van der Waals surface area contributed by atoms with Gasteiger partial charge >= 0.3 is 5.97 Å². The van der Waals surface area contributed by atoms with E-state index in [9.17, 15) is 9.59 Å². The number of carboxylic acids is 1. The van der Waals surface area contributed by atoms with Crippen molar-refractivity contribution in [2.75, 3.05) is 5.32 Å². The van der Waals surface area contributed by atoms with Gasteiger partial charge < -0.3 is 10.4 Å². The summed E-state index contributed by atoms with van der Waals surface area (Å²) in [5.74, 6) is -1.57. The van der Waals surface area contributed by atoms with Crippen LogP contribution < -0.4 is 5.32 Å². The normalized spacial score (nSPS) is 10.2.